The monoisotopic (exact) mass is 336 g/mol. The van der Waals surface area contributed by atoms with E-state index in [9.17, 15) is 0 Å². The highest BCUT2D eigenvalue weighted by molar-refractivity contribution is 6.30. The summed E-state index contributed by atoms with van der Waals surface area (Å²) in [5.41, 5.74) is 14.2. The number of halogens is 2. The SMILES string of the molecule is CCC(N)(c1ccc(Cl)cc1)C(N)(CC)c1ccc(Cl)cc1. The first-order chi connectivity index (χ1) is 10.4. The molecule has 0 radical (unpaired) electrons. The molecule has 4 N–H and O–H groups in total. The van der Waals surface area contributed by atoms with Gasteiger partial charge in [-0.25, -0.2) is 0 Å². The molecule has 0 saturated carbocycles. The molecule has 2 rings (SSSR count). The maximum absolute atomic E-state index is 6.83. The van der Waals surface area contributed by atoms with Gasteiger partial charge in [0.15, 0.2) is 0 Å². The van der Waals surface area contributed by atoms with Crippen LogP contribution in [0.2, 0.25) is 10.0 Å². The minimum atomic E-state index is -0.694. The van der Waals surface area contributed by atoms with Crippen molar-refractivity contribution in [2.45, 2.75) is 37.8 Å². The Morgan fingerprint density at radius 3 is 1.18 bits per heavy atom. The lowest BCUT2D eigenvalue weighted by atomic mass is 9.66. The van der Waals surface area contributed by atoms with E-state index in [0.717, 1.165) is 11.1 Å². The van der Waals surface area contributed by atoms with E-state index < -0.39 is 11.1 Å². The molecule has 0 bridgehead atoms. The van der Waals surface area contributed by atoms with Crippen LogP contribution < -0.4 is 11.5 Å². The Hall–Kier alpha value is -1.06. The topological polar surface area (TPSA) is 52.0 Å². The Morgan fingerprint density at radius 1 is 0.682 bits per heavy atom. The Bertz CT molecular complexity index is 567. The zero-order valence-corrected chi connectivity index (χ0v) is 14.5. The predicted molar refractivity (Wildman–Crippen MR) is 95.2 cm³/mol. The van der Waals surface area contributed by atoms with Gasteiger partial charge in [0.05, 0.1) is 11.1 Å². The molecule has 22 heavy (non-hydrogen) atoms. The van der Waals surface area contributed by atoms with Crippen LogP contribution in [0.25, 0.3) is 0 Å². The lowest BCUT2D eigenvalue weighted by Gasteiger charge is -2.46. The summed E-state index contributed by atoms with van der Waals surface area (Å²) in [5.74, 6) is 0. The minimum absolute atomic E-state index is 0.688. The number of rotatable bonds is 5. The maximum atomic E-state index is 6.83. The van der Waals surface area contributed by atoms with Gasteiger partial charge in [-0.1, -0.05) is 61.3 Å². The van der Waals surface area contributed by atoms with Gasteiger partial charge >= 0.3 is 0 Å². The van der Waals surface area contributed by atoms with Crippen LogP contribution in [-0.2, 0) is 11.1 Å². The van der Waals surface area contributed by atoms with E-state index in [2.05, 4.69) is 13.8 Å². The molecule has 0 heterocycles. The summed E-state index contributed by atoms with van der Waals surface area (Å²) < 4.78 is 0. The van der Waals surface area contributed by atoms with Crippen LogP contribution in [0, 0.1) is 0 Å². The van der Waals surface area contributed by atoms with Crippen molar-refractivity contribution >= 4 is 23.2 Å². The maximum Gasteiger partial charge on any atom is 0.0631 e. The number of benzene rings is 2. The molecule has 118 valence electrons. The van der Waals surface area contributed by atoms with Gasteiger partial charge in [0.25, 0.3) is 0 Å². The van der Waals surface area contributed by atoms with Gasteiger partial charge in [-0.3, -0.25) is 0 Å². The second-order valence-corrected chi connectivity index (χ2v) is 6.54. The number of hydrogen-bond donors (Lipinski definition) is 2. The average Bonchev–Trinajstić information content (AvgIpc) is 2.54. The van der Waals surface area contributed by atoms with Crippen molar-refractivity contribution in [1.82, 2.24) is 0 Å². The van der Waals surface area contributed by atoms with E-state index in [-0.39, 0.29) is 0 Å². The second kappa shape index (κ2) is 6.59. The van der Waals surface area contributed by atoms with Gasteiger partial charge in [0, 0.05) is 10.0 Å². The highest BCUT2D eigenvalue weighted by Crippen LogP contribution is 2.42. The van der Waals surface area contributed by atoms with Crippen molar-refractivity contribution in [3.63, 3.8) is 0 Å². The first kappa shape index (κ1) is 17.3. The third-order valence-electron chi connectivity index (χ3n) is 4.63. The molecule has 2 aromatic rings. The highest BCUT2D eigenvalue weighted by atomic mass is 35.5. The molecule has 4 heteroatoms. The molecule has 0 aliphatic heterocycles. The summed E-state index contributed by atoms with van der Waals surface area (Å²) in [6, 6.07) is 15.2. The van der Waals surface area contributed by atoms with E-state index in [4.69, 9.17) is 34.7 Å². The van der Waals surface area contributed by atoms with Gasteiger partial charge in [0.1, 0.15) is 0 Å². The van der Waals surface area contributed by atoms with E-state index in [0.29, 0.717) is 22.9 Å². The van der Waals surface area contributed by atoms with E-state index in [1.54, 1.807) is 0 Å². The van der Waals surface area contributed by atoms with Crippen molar-refractivity contribution in [3.05, 3.63) is 69.7 Å². The van der Waals surface area contributed by atoms with Crippen LogP contribution >= 0.6 is 23.2 Å². The van der Waals surface area contributed by atoms with Crippen LogP contribution in [0.3, 0.4) is 0 Å². The summed E-state index contributed by atoms with van der Waals surface area (Å²) in [6.07, 6.45) is 1.42. The normalized spacial score (nSPS) is 16.8. The zero-order valence-electron chi connectivity index (χ0n) is 12.9. The van der Waals surface area contributed by atoms with Crippen LogP contribution in [0.5, 0.6) is 0 Å². The van der Waals surface area contributed by atoms with Crippen molar-refractivity contribution in [2.24, 2.45) is 11.5 Å². The lowest BCUT2D eigenvalue weighted by Crippen LogP contribution is -2.60. The molecule has 0 aliphatic rings. The van der Waals surface area contributed by atoms with E-state index >= 15 is 0 Å². The molecule has 0 aliphatic carbocycles. The molecule has 0 amide bonds. The van der Waals surface area contributed by atoms with Crippen molar-refractivity contribution in [3.8, 4) is 0 Å². The lowest BCUT2D eigenvalue weighted by molar-refractivity contribution is 0.204. The first-order valence-corrected chi connectivity index (χ1v) is 8.23. The smallest absolute Gasteiger partial charge is 0.0631 e. The quantitative estimate of drug-likeness (QED) is 0.822. The summed E-state index contributed by atoms with van der Waals surface area (Å²) in [4.78, 5) is 0. The third-order valence-corrected chi connectivity index (χ3v) is 5.13. The summed E-state index contributed by atoms with van der Waals surface area (Å²) in [7, 11) is 0. The molecule has 0 aromatic heterocycles. The van der Waals surface area contributed by atoms with Gasteiger partial charge < -0.3 is 11.5 Å². The zero-order chi connectivity index (χ0) is 16.4. The molecule has 2 nitrogen and oxygen atoms in total. The van der Waals surface area contributed by atoms with E-state index in [1.807, 2.05) is 48.5 Å². The largest absolute Gasteiger partial charge is 0.320 e. The van der Waals surface area contributed by atoms with Crippen molar-refractivity contribution in [1.29, 1.82) is 0 Å². The average molecular weight is 337 g/mol. The molecule has 2 atom stereocenters. The molecular formula is C18H22Cl2N2. The molecule has 0 saturated heterocycles. The summed E-state index contributed by atoms with van der Waals surface area (Å²) in [6.45, 7) is 4.11. The Kier molecular flexibility index (Phi) is 5.18. The fourth-order valence-corrected chi connectivity index (χ4v) is 3.30. The van der Waals surface area contributed by atoms with E-state index in [1.165, 1.54) is 0 Å². The number of hydrogen-bond acceptors (Lipinski definition) is 2. The van der Waals surface area contributed by atoms with Crippen LogP contribution in [0.4, 0.5) is 0 Å². The van der Waals surface area contributed by atoms with Gasteiger partial charge in [-0.15, -0.1) is 0 Å². The Balaban J connectivity index is 2.57. The Morgan fingerprint density at radius 2 is 0.955 bits per heavy atom. The fraction of sp³-hybridized carbons (Fsp3) is 0.333. The molecule has 2 aromatic carbocycles. The predicted octanol–water partition coefficient (Wildman–Crippen LogP) is 4.82. The van der Waals surface area contributed by atoms with Gasteiger partial charge in [-0.05, 0) is 48.2 Å². The third kappa shape index (κ3) is 2.89. The van der Waals surface area contributed by atoms with Gasteiger partial charge in [0.2, 0.25) is 0 Å². The van der Waals surface area contributed by atoms with Crippen molar-refractivity contribution < 1.29 is 0 Å². The molecule has 0 spiro atoms. The molecule has 0 fully saturated rings. The summed E-state index contributed by atoms with van der Waals surface area (Å²) in [5, 5.41) is 1.38. The van der Waals surface area contributed by atoms with Crippen molar-refractivity contribution in [2.75, 3.05) is 0 Å². The first-order valence-electron chi connectivity index (χ1n) is 7.47. The van der Waals surface area contributed by atoms with Crippen LogP contribution in [0.15, 0.2) is 48.5 Å². The second-order valence-electron chi connectivity index (χ2n) is 5.66. The van der Waals surface area contributed by atoms with Gasteiger partial charge in [-0.2, -0.15) is 0 Å². The Labute approximate surface area is 142 Å². The summed E-state index contributed by atoms with van der Waals surface area (Å²) >= 11 is 12.0. The minimum Gasteiger partial charge on any atom is -0.320 e. The number of nitrogens with two attached hydrogens (primary N) is 2. The fourth-order valence-electron chi connectivity index (χ4n) is 3.05. The standard InChI is InChI=1S/C18H22Cl2N2/c1-3-17(21,13-5-9-15(19)10-6-13)18(22,4-2)14-7-11-16(20)12-8-14/h5-12H,3-4,21-22H2,1-2H3. The van der Waals surface area contributed by atoms with Crippen LogP contribution in [0.1, 0.15) is 37.8 Å². The molecule has 2 unspecified atom stereocenters. The highest BCUT2D eigenvalue weighted by Gasteiger charge is 2.46. The molecular weight excluding hydrogens is 315 g/mol. The van der Waals surface area contributed by atoms with Crippen LogP contribution in [-0.4, -0.2) is 0 Å².